The Hall–Kier alpha value is -1.07. The molecule has 0 fully saturated rings. The summed E-state index contributed by atoms with van der Waals surface area (Å²) < 4.78 is 22.2. The van der Waals surface area contributed by atoms with Gasteiger partial charge in [0.15, 0.2) is 0 Å². The molecule has 0 saturated carbocycles. The fourth-order valence-corrected chi connectivity index (χ4v) is 2.37. The van der Waals surface area contributed by atoms with Gasteiger partial charge in [0.25, 0.3) is 9.05 Å². The van der Waals surface area contributed by atoms with E-state index in [0.29, 0.717) is 25.3 Å². The lowest BCUT2D eigenvalue weighted by molar-refractivity contribution is -0.121. The van der Waals surface area contributed by atoms with Crippen molar-refractivity contribution in [3.8, 4) is 0 Å². The van der Waals surface area contributed by atoms with E-state index in [-0.39, 0.29) is 10.8 Å². The minimum absolute atomic E-state index is 0.0133. The van der Waals surface area contributed by atoms with E-state index in [9.17, 15) is 13.2 Å². The highest BCUT2D eigenvalue weighted by molar-refractivity contribution is 8.13. The molecule has 0 aliphatic carbocycles. The van der Waals surface area contributed by atoms with E-state index in [2.05, 4.69) is 19.2 Å². The molecule has 6 heteroatoms. The zero-order valence-electron chi connectivity index (χ0n) is 11.7. The molecule has 1 aromatic carbocycles. The van der Waals surface area contributed by atoms with Crippen molar-refractivity contribution >= 4 is 25.6 Å². The maximum Gasteiger partial charge on any atom is 0.261 e. The summed E-state index contributed by atoms with van der Waals surface area (Å²) in [6, 6.07) is 6.26. The van der Waals surface area contributed by atoms with Gasteiger partial charge < -0.3 is 5.32 Å². The maximum atomic E-state index is 11.6. The summed E-state index contributed by atoms with van der Waals surface area (Å²) in [6.45, 7) is 4.87. The van der Waals surface area contributed by atoms with Crippen molar-refractivity contribution in [3.05, 3.63) is 29.8 Å². The average molecular weight is 318 g/mol. The predicted octanol–water partition coefficient (Wildman–Crippen LogP) is 2.71. The van der Waals surface area contributed by atoms with E-state index in [1.54, 1.807) is 12.1 Å². The lowest BCUT2D eigenvalue weighted by atomic mass is 10.1. The van der Waals surface area contributed by atoms with Crippen LogP contribution in [0.2, 0.25) is 0 Å². The second kappa shape index (κ2) is 7.64. The van der Waals surface area contributed by atoms with Crippen molar-refractivity contribution in [2.45, 2.75) is 38.0 Å². The van der Waals surface area contributed by atoms with E-state index in [1.165, 1.54) is 12.1 Å². The molecule has 1 amide bonds. The summed E-state index contributed by atoms with van der Waals surface area (Å²) in [5.74, 6) is 0.492. The highest BCUT2D eigenvalue weighted by Gasteiger charge is 2.09. The number of carbonyl (C=O) groups is 1. The van der Waals surface area contributed by atoms with Crippen LogP contribution in [0.4, 0.5) is 0 Å². The minimum atomic E-state index is -3.68. The first-order valence-corrected chi connectivity index (χ1v) is 8.94. The first-order chi connectivity index (χ1) is 9.32. The van der Waals surface area contributed by atoms with Gasteiger partial charge in [-0.15, -0.1) is 0 Å². The molecular weight excluding hydrogens is 298 g/mol. The molecule has 0 radical (unpaired) electrons. The van der Waals surface area contributed by atoms with Gasteiger partial charge in [0.1, 0.15) is 0 Å². The number of amides is 1. The molecule has 1 aromatic rings. The summed E-state index contributed by atoms with van der Waals surface area (Å²) in [5, 5.41) is 2.88. The molecule has 0 aliphatic heterocycles. The van der Waals surface area contributed by atoms with Crippen LogP contribution >= 0.6 is 10.7 Å². The van der Waals surface area contributed by atoms with Crippen LogP contribution in [0.3, 0.4) is 0 Å². The molecule has 1 rings (SSSR count). The SMILES string of the molecule is CCC(C)CNC(=O)CCc1ccc(S(=O)(=O)Cl)cc1. The third kappa shape index (κ3) is 5.92. The molecule has 0 saturated heterocycles. The Morgan fingerprint density at radius 2 is 1.90 bits per heavy atom. The number of hydrogen-bond acceptors (Lipinski definition) is 3. The fourth-order valence-electron chi connectivity index (χ4n) is 1.60. The number of hydrogen-bond donors (Lipinski definition) is 1. The number of benzene rings is 1. The van der Waals surface area contributed by atoms with E-state index in [1.807, 2.05) is 0 Å². The molecule has 0 spiro atoms. The molecule has 1 N–H and O–H groups in total. The van der Waals surface area contributed by atoms with Gasteiger partial charge in [-0.1, -0.05) is 32.4 Å². The summed E-state index contributed by atoms with van der Waals surface area (Å²) in [7, 11) is 1.55. The Kier molecular flexibility index (Phi) is 6.49. The number of nitrogens with one attached hydrogen (secondary N) is 1. The highest BCUT2D eigenvalue weighted by atomic mass is 35.7. The van der Waals surface area contributed by atoms with Gasteiger partial charge in [-0.3, -0.25) is 4.79 Å². The Labute approximate surface area is 124 Å². The van der Waals surface area contributed by atoms with Gasteiger partial charge in [-0.05, 0) is 30.0 Å². The topological polar surface area (TPSA) is 63.2 Å². The Balaban J connectivity index is 2.44. The molecule has 0 heterocycles. The van der Waals surface area contributed by atoms with Crippen LogP contribution in [0.5, 0.6) is 0 Å². The second-order valence-electron chi connectivity index (χ2n) is 4.90. The van der Waals surface area contributed by atoms with Gasteiger partial charge in [0.2, 0.25) is 5.91 Å². The third-order valence-corrected chi connectivity index (χ3v) is 4.56. The highest BCUT2D eigenvalue weighted by Crippen LogP contribution is 2.15. The van der Waals surface area contributed by atoms with Gasteiger partial charge in [0, 0.05) is 23.6 Å². The zero-order valence-corrected chi connectivity index (χ0v) is 13.3. The number of rotatable bonds is 7. The van der Waals surface area contributed by atoms with Crippen molar-refractivity contribution < 1.29 is 13.2 Å². The number of carbonyl (C=O) groups excluding carboxylic acids is 1. The second-order valence-corrected chi connectivity index (χ2v) is 7.47. The quantitative estimate of drug-likeness (QED) is 0.786. The van der Waals surface area contributed by atoms with E-state index < -0.39 is 9.05 Å². The summed E-state index contributed by atoms with van der Waals surface area (Å²) in [6.07, 6.45) is 2.01. The van der Waals surface area contributed by atoms with Gasteiger partial charge in [0.05, 0.1) is 4.90 Å². The first kappa shape index (κ1) is 17.0. The number of halogens is 1. The van der Waals surface area contributed by atoms with Crippen molar-refractivity contribution in [2.24, 2.45) is 5.92 Å². The molecule has 4 nitrogen and oxygen atoms in total. The van der Waals surface area contributed by atoms with Crippen molar-refractivity contribution in [1.82, 2.24) is 5.32 Å². The van der Waals surface area contributed by atoms with E-state index in [0.717, 1.165) is 12.0 Å². The first-order valence-electron chi connectivity index (χ1n) is 6.63. The number of aryl methyl sites for hydroxylation is 1. The van der Waals surface area contributed by atoms with E-state index in [4.69, 9.17) is 10.7 Å². The Bertz CT molecular complexity index is 540. The molecule has 1 unspecified atom stereocenters. The molecule has 112 valence electrons. The Morgan fingerprint density at radius 1 is 1.30 bits per heavy atom. The molecule has 20 heavy (non-hydrogen) atoms. The largest absolute Gasteiger partial charge is 0.356 e. The summed E-state index contributed by atoms with van der Waals surface area (Å²) in [4.78, 5) is 11.7. The summed E-state index contributed by atoms with van der Waals surface area (Å²) in [5.41, 5.74) is 0.910. The molecular formula is C14H20ClNO3S. The van der Waals surface area contributed by atoms with Crippen LogP contribution in [0.1, 0.15) is 32.3 Å². The monoisotopic (exact) mass is 317 g/mol. The predicted molar refractivity (Wildman–Crippen MR) is 80.3 cm³/mol. The fraction of sp³-hybridized carbons (Fsp3) is 0.500. The lowest BCUT2D eigenvalue weighted by Gasteiger charge is -2.10. The smallest absolute Gasteiger partial charge is 0.261 e. The maximum absolute atomic E-state index is 11.6. The van der Waals surface area contributed by atoms with Crippen molar-refractivity contribution in [2.75, 3.05) is 6.54 Å². The van der Waals surface area contributed by atoms with Gasteiger partial charge in [-0.2, -0.15) is 0 Å². The summed E-state index contributed by atoms with van der Waals surface area (Å²) >= 11 is 0. The lowest BCUT2D eigenvalue weighted by Crippen LogP contribution is -2.28. The van der Waals surface area contributed by atoms with Crippen LogP contribution in [0.15, 0.2) is 29.2 Å². The Morgan fingerprint density at radius 3 is 2.40 bits per heavy atom. The third-order valence-electron chi connectivity index (χ3n) is 3.19. The van der Waals surface area contributed by atoms with Crippen molar-refractivity contribution in [3.63, 3.8) is 0 Å². The van der Waals surface area contributed by atoms with Crippen LogP contribution in [0.25, 0.3) is 0 Å². The van der Waals surface area contributed by atoms with Gasteiger partial charge >= 0.3 is 0 Å². The molecule has 0 aromatic heterocycles. The van der Waals surface area contributed by atoms with Crippen LogP contribution in [-0.4, -0.2) is 20.9 Å². The zero-order chi connectivity index (χ0) is 15.2. The normalized spacial score (nSPS) is 12.9. The minimum Gasteiger partial charge on any atom is -0.356 e. The molecule has 0 aliphatic rings. The van der Waals surface area contributed by atoms with E-state index >= 15 is 0 Å². The van der Waals surface area contributed by atoms with Crippen molar-refractivity contribution in [1.29, 1.82) is 0 Å². The molecule has 0 bridgehead atoms. The van der Waals surface area contributed by atoms with Crippen LogP contribution in [-0.2, 0) is 20.3 Å². The standard InChI is InChI=1S/C14H20ClNO3S/c1-3-11(2)10-16-14(17)9-6-12-4-7-13(8-5-12)20(15,18)19/h4-5,7-8,11H,3,6,9-10H2,1-2H3,(H,16,17). The molecule has 1 atom stereocenters. The average Bonchev–Trinajstić information content (AvgIpc) is 2.41. The van der Waals surface area contributed by atoms with Gasteiger partial charge in [-0.25, -0.2) is 8.42 Å². The van der Waals surface area contributed by atoms with Crippen LogP contribution in [0, 0.1) is 5.92 Å². The van der Waals surface area contributed by atoms with Crippen LogP contribution < -0.4 is 5.32 Å².